The van der Waals surface area contributed by atoms with Crippen LogP contribution < -0.4 is 30.8 Å². The molecular weight excluding hydrogens is 469 g/mol. The molecule has 5 aromatic carbocycles. The summed E-state index contributed by atoms with van der Waals surface area (Å²) in [6.45, 7) is 4.87. The summed E-state index contributed by atoms with van der Waals surface area (Å²) < 4.78 is 13.1. The first-order chi connectivity index (χ1) is 18.1. The Labute approximate surface area is 217 Å². The van der Waals surface area contributed by atoms with E-state index in [0.717, 1.165) is 44.4 Å². The molecular formula is C32H24BNO2Si. The number of anilines is 2. The summed E-state index contributed by atoms with van der Waals surface area (Å²) >= 11 is 0. The van der Waals surface area contributed by atoms with Gasteiger partial charge in [-0.25, -0.2) is 0 Å². The molecule has 3 nitrogen and oxygen atoms in total. The lowest BCUT2D eigenvalue weighted by atomic mass is 9.47. The molecule has 0 atom stereocenters. The van der Waals surface area contributed by atoms with Gasteiger partial charge in [0.25, 0.3) is 0 Å². The van der Waals surface area contributed by atoms with Crippen molar-refractivity contribution < 1.29 is 9.15 Å². The number of nitrogens with zero attached hydrogens (tertiary/aromatic N) is 1. The van der Waals surface area contributed by atoms with Crippen LogP contribution in [0.15, 0.2) is 114 Å². The van der Waals surface area contributed by atoms with Crippen molar-refractivity contribution in [3.63, 3.8) is 0 Å². The first-order valence-electron chi connectivity index (χ1n) is 12.8. The number of furan rings is 1. The Morgan fingerprint density at radius 3 is 2.05 bits per heavy atom. The molecule has 6 aromatic rings. The van der Waals surface area contributed by atoms with Crippen LogP contribution >= 0.6 is 0 Å². The quantitative estimate of drug-likeness (QED) is 0.272. The lowest BCUT2D eigenvalue weighted by molar-refractivity contribution is 0.487. The predicted octanol–water partition coefficient (Wildman–Crippen LogP) is 5.77. The van der Waals surface area contributed by atoms with E-state index in [1.807, 2.05) is 6.07 Å². The van der Waals surface area contributed by atoms with Gasteiger partial charge >= 0.3 is 6.85 Å². The van der Waals surface area contributed by atoms with Gasteiger partial charge in [0, 0.05) is 16.5 Å². The zero-order chi connectivity index (χ0) is 24.7. The maximum Gasteiger partial charge on any atom is 0.335 e. The van der Waals surface area contributed by atoms with Crippen molar-refractivity contribution >= 4 is 69.5 Å². The SMILES string of the molecule is C[Si]1(C)c2ccccc2N(B2c3ccccc3Oc3ccccc32)c2c1ccc1c2oc2ccccc21. The third-order valence-corrected chi connectivity index (χ3v) is 11.7. The standard InChI is InChI=1S/C32H24BNO2Si/c1-37(2)29-18-10-6-14-25(29)34(31-30(37)20-19-22-21-11-3-7-15-26(21)36-32(22)31)33-23-12-4-8-16-27(23)35-28-17-9-5-13-24(28)33/h3-20H,1-2H3. The minimum absolute atomic E-state index is 0.0510. The predicted molar refractivity (Wildman–Crippen MR) is 157 cm³/mol. The molecule has 0 spiro atoms. The van der Waals surface area contributed by atoms with E-state index < -0.39 is 8.07 Å². The Kier molecular flexibility index (Phi) is 4.19. The molecule has 0 saturated heterocycles. The molecule has 5 heteroatoms. The maximum absolute atomic E-state index is 6.71. The normalized spacial score (nSPS) is 15.1. The molecule has 37 heavy (non-hydrogen) atoms. The fourth-order valence-electron chi connectivity index (χ4n) is 6.43. The maximum atomic E-state index is 6.71. The van der Waals surface area contributed by atoms with Crippen LogP contribution in [-0.4, -0.2) is 14.9 Å². The second-order valence-electron chi connectivity index (χ2n) is 10.5. The molecule has 1 aromatic heterocycles. The number of rotatable bonds is 1. The van der Waals surface area contributed by atoms with Crippen molar-refractivity contribution in [3.05, 3.63) is 109 Å². The van der Waals surface area contributed by atoms with Gasteiger partial charge in [0.15, 0.2) is 5.58 Å². The number of fused-ring (bicyclic) bond motifs is 8. The number of benzene rings is 5. The van der Waals surface area contributed by atoms with E-state index in [1.165, 1.54) is 21.7 Å². The Hall–Kier alpha value is -4.22. The highest BCUT2D eigenvalue weighted by molar-refractivity contribution is 7.04. The fraction of sp³-hybridized carbons (Fsp3) is 0.0625. The monoisotopic (exact) mass is 493 g/mol. The highest BCUT2D eigenvalue weighted by Gasteiger charge is 2.46. The molecule has 8 rings (SSSR count). The minimum Gasteiger partial charge on any atom is -0.458 e. The van der Waals surface area contributed by atoms with Gasteiger partial charge in [0.05, 0.1) is 5.69 Å². The topological polar surface area (TPSA) is 25.6 Å². The lowest BCUT2D eigenvalue weighted by Gasteiger charge is -2.45. The number of hydrogen-bond acceptors (Lipinski definition) is 3. The first-order valence-corrected chi connectivity index (χ1v) is 15.8. The summed E-state index contributed by atoms with van der Waals surface area (Å²) in [4.78, 5) is 2.54. The van der Waals surface area contributed by atoms with Gasteiger partial charge in [-0.2, -0.15) is 0 Å². The fourth-order valence-corrected chi connectivity index (χ4v) is 9.40. The average molecular weight is 493 g/mol. The van der Waals surface area contributed by atoms with Crippen molar-refractivity contribution in [1.29, 1.82) is 0 Å². The van der Waals surface area contributed by atoms with Gasteiger partial charge in [0.2, 0.25) is 0 Å². The van der Waals surface area contributed by atoms with Gasteiger partial charge < -0.3 is 14.0 Å². The molecule has 0 amide bonds. The first kappa shape index (κ1) is 20.9. The summed E-state index contributed by atoms with van der Waals surface area (Å²) in [7, 11) is -2.02. The van der Waals surface area contributed by atoms with E-state index >= 15 is 0 Å². The molecule has 0 N–H and O–H groups in total. The minimum atomic E-state index is -2.02. The van der Waals surface area contributed by atoms with Gasteiger partial charge in [-0.05, 0) is 45.6 Å². The highest BCUT2D eigenvalue weighted by Crippen LogP contribution is 2.42. The van der Waals surface area contributed by atoms with Gasteiger partial charge in [-0.15, -0.1) is 0 Å². The summed E-state index contributed by atoms with van der Waals surface area (Å²) in [5, 5.41) is 5.17. The Morgan fingerprint density at radius 1 is 0.622 bits per heavy atom. The van der Waals surface area contributed by atoms with Crippen molar-refractivity contribution in [2.24, 2.45) is 0 Å². The summed E-state index contributed by atoms with van der Waals surface area (Å²) in [5.74, 6) is 1.81. The Balaban J connectivity index is 1.53. The Morgan fingerprint density at radius 2 is 1.27 bits per heavy atom. The second-order valence-corrected chi connectivity index (χ2v) is 14.9. The van der Waals surface area contributed by atoms with E-state index in [0.29, 0.717) is 0 Å². The molecule has 0 saturated carbocycles. The molecule has 0 radical (unpaired) electrons. The van der Waals surface area contributed by atoms with Crippen LogP contribution in [0.5, 0.6) is 11.5 Å². The molecule has 2 aliphatic rings. The van der Waals surface area contributed by atoms with Gasteiger partial charge in [0.1, 0.15) is 25.2 Å². The summed E-state index contributed by atoms with van der Waals surface area (Å²) in [6.07, 6.45) is 0. The largest absolute Gasteiger partial charge is 0.458 e. The van der Waals surface area contributed by atoms with E-state index in [1.54, 1.807) is 0 Å². The lowest BCUT2D eigenvalue weighted by Crippen LogP contribution is -2.66. The number of para-hydroxylation sites is 4. The third-order valence-electron chi connectivity index (χ3n) is 8.18. The van der Waals surface area contributed by atoms with E-state index in [9.17, 15) is 0 Å². The van der Waals surface area contributed by atoms with Crippen LogP contribution in [-0.2, 0) is 0 Å². The Bertz CT molecular complexity index is 1830. The molecule has 0 fully saturated rings. The van der Waals surface area contributed by atoms with E-state index in [4.69, 9.17) is 9.15 Å². The van der Waals surface area contributed by atoms with Crippen molar-refractivity contribution in [2.45, 2.75) is 13.1 Å². The van der Waals surface area contributed by atoms with Crippen LogP contribution in [0.3, 0.4) is 0 Å². The van der Waals surface area contributed by atoms with Crippen molar-refractivity contribution in [1.82, 2.24) is 0 Å². The highest BCUT2D eigenvalue weighted by atomic mass is 28.3. The average Bonchev–Trinajstić information content (AvgIpc) is 3.32. The van der Waals surface area contributed by atoms with Crippen molar-refractivity contribution in [3.8, 4) is 11.5 Å². The molecule has 2 aliphatic heterocycles. The zero-order valence-electron chi connectivity index (χ0n) is 20.7. The van der Waals surface area contributed by atoms with E-state index in [-0.39, 0.29) is 6.85 Å². The molecule has 0 unspecified atom stereocenters. The van der Waals surface area contributed by atoms with Crippen LogP contribution in [0.2, 0.25) is 13.1 Å². The molecule has 3 heterocycles. The number of hydrogen-bond donors (Lipinski definition) is 0. The number of ether oxygens (including phenoxy) is 1. The van der Waals surface area contributed by atoms with Gasteiger partial charge in [-0.1, -0.05) is 98.0 Å². The molecule has 176 valence electrons. The van der Waals surface area contributed by atoms with E-state index in [2.05, 4.69) is 121 Å². The van der Waals surface area contributed by atoms with Gasteiger partial charge in [-0.3, -0.25) is 0 Å². The second kappa shape index (κ2) is 7.40. The third kappa shape index (κ3) is 2.78. The molecule has 0 aliphatic carbocycles. The molecule has 0 bridgehead atoms. The smallest absolute Gasteiger partial charge is 0.335 e. The van der Waals surface area contributed by atoms with Crippen LogP contribution in [0.25, 0.3) is 21.9 Å². The summed E-state index contributed by atoms with van der Waals surface area (Å²) in [6, 6.07) is 38.9. The van der Waals surface area contributed by atoms with Crippen molar-refractivity contribution in [2.75, 3.05) is 4.81 Å². The van der Waals surface area contributed by atoms with Crippen LogP contribution in [0, 0.1) is 0 Å². The van der Waals surface area contributed by atoms with Crippen LogP contribution in [0.1, 0.15) is 0 Å². The summed E-state index contributed by atoms with van der Waals surface area (Å²) in [5.41, 5.74) is 6.68. The zero-order valence-corrected chi connectivity index (χ0v) is 21.7. The van der Waals surface area contributed by atoms with Crippen LogP contribution in [0.4, 0.5) is 11.4 Å².